The zero-order chi connectivity index (χ0) is 27.0. The van der Waals surface area contributed by atoms with Crippen molar-refractivity contribution in [3.8, 4) is 28.7 Å². The van der Waals surface area contributed by atoms with Crippen molar-refractivity contribution in [2.45, 2.75) is 23.8 Å². The van der Waals surface area contributed by atoms with Gasteiger partial charge in [0.05, 0.1) is 22.2 Å². The van der Waals surface area contributed by atoms with Crippen molar-refractivity contribution in [2.75, 3.05) is 18.4 Å². The van der Waals surface area contributed by atoms with E-state index >= 15 is 0 Å². The molecular formula is C27H22FN7O3S. The molecule has 1 saturated heterocycles. The van der Waals surface area contributed by atoms with Crippen LogP contribution in [0.15, 0.2) is 82.6 Å². The number of halogens is 1. The maximum Gasteiger partial charge on any atom is 0.306 e. The predicted molar refractivity (Wildman–Crippen MR) is 140 cm³/mol. The summed E-state index contributed by atoms with van der Waals surface area (Å²) >= 11 is 0. The number of hydrogen-bond donors (Lipinski definition) is 1. The average molecular weight is 544 g/mol. The third-order valence-electron chi connectivity index (χ3n) is 6.69. The summed E-state index contributed by atoms with van der Waals surface area (Å²) in [4.78, 5) is 13.8. The Bertz CT molecular complexity index is 1780. The van der Waals surface area contributed by atoms with Gasteiger partial charge in [-0.05, 0) is 67.4 Å². The van der Waals surface area contributed by atoms with Gasteiger partial charge in [0.25, 0.3) is 0 Å². The molecule has 3 aromatic heterocycles. The minimum absolute atomic E-state index is 0.0244. The summed E-state index contributed by atoms with van der Waals surface area (Å²) in [5.74, 6) is 0.449. The summed E-state index contributed by atoms with van der Waals surface area (Å²) in [5, 5.41) is 12.3. The molecule has 0 atom stereocenters. The van der Waals surface area contributed by atoms with Crippen LogP contribution in [0.5, 0.6) is 0 Å². The molecule has 1 N–H and O–H groups in total. The summed E-state index contributed by atoms with van der Waals surface area (Å²) in [7, 11) is -3.65. The van der Waals surface area contributed by atoms with E-state index in [1.54, 1.807) is 35.0 Å². The van der Waals surface area contributed by atoms with Crippen LogP contribution >= 0.6 is 0 Å². The van der Waals surface area contributed by atoms with Crippen LogP contribution in [0.1, 0.15) is 18.4 Å². The van der Waals surface area contributed by atoms with E-state index in [9.17, 15) is 12.8 Å². The quantitative estimate of drug-likeness (QED) is 0.335. The number of oxazole rings is 1. The van der Waals surface area contributed by atoms with Crippen molar-refractivity contribution in [3.63, 3.8) is 0 Å². The summed E-state index contributed by atoms with van der Waals surface area (Å²) in [5.41, 5.74) is 3.00. The van der Waals surface area contributed by atoms with Crippen molar-refractivity contribution in [1.29, 1.82) is 5.26 Å². The molecule has 12 heteroatoms. The molecule has 0 amide bonds. The first-order valence-electron chi connectivity index (χ1n) is 12.2. The topological polar surface area (TPSA) is 129 Å². The van der Waals surface area contributed by atoms with Gasteiger partial charge in [-0.2, -0.15) is 14.6 Å². The van der Waals surface area contributed by atoms with E-state index in [1.807, 2.05) is 6.07 Å². The molecule has 1 aliphatic heterocycles. The molecule has 0 radical (unpaired) electrons. The van der Waals surface area contributed by atoms with Gasteiger partial charge >= 0.3 is 5.84 Å². The zero-order valence-corrected chi connectivity index (χ0v) is 21.3. The van der Waals surface area contributed by atoms with Crippen LogP contribution in [0.4, 0.5) is 10.3 Å². The number of nitriles is 1. The Morgan fingerprint density at radius 3 is 2.49 bits per heavy atom. The highest BCUT2D eigenvalue weighted by Crippen LogP contribution is 2.32. The van der Waals surface area contributed by atoms with Crippen LogP contribution in [0.25, 0.3) is 28.5 Å². The maximum atomic E-state index is 13.5. The highest BCUT2D eigenvalue weighted by molar-refractivity contribution is 7.89. The summed E-state index contributed by atoms with van der Waals surface area (Å²) < 4.78 is 48.3. The number of rotatable bonds is 6. The van der Waals surface area contributed by atoms with Crippen LogP contribution in [-0.4, -0.2) is 51.2 Å². The minimum atomic E-state index is -3.65. The second-order valence-corrected chi connectivity index (χ2v) is 11.0. The SMILES string of the molecule is N#Cc1ccc(S(=O)(=O)N2CCC(Nc3nccc(-c4c(-c5ccc(F)cc5)nc5occn45)n3)CC2)cc1. The predicted octanol–water partition coefficient (Wildman–Crippen LogP) is 4.33. The Morgan fingerprint density at radius 2 is 1.77 bits per heavy atom. The molecule has 4 heterocycles. The molecule has 6 rings (SSSR count). The summed E-state index contributed by atoms with van der Waals surface area (Å²) in [6.07, 6.45) is 6.05. The number of fused-ring (bicyclic) bond motifs is 1. The lowest BCUT2D eigenvalue weighted by molar-refractivity contribution is 0.329. The van der Waals surface area contributed by atoms with Crippen LogP contribution in [-0.2, 0) is 10.0 Å². The number of imidazole rings is 1. The van der Waals surface area contributed by atoms with E-state index < -0.39 is 10.0 Å². The van der Waals surface area contributed by atoms with E-state index in [0.29, 0.717) is 65.9 Å². The maximum absolute atomic E-state index is 13.5. The second-order valence-electron chi connectivity index (χ2n) is 9.10. The van der Waals surface area contributed by atoms with Crippen molar-refractivity contribution >= 4 is 21.8 Å². The number of piperidine rings is 1. The molecule has 0 unspecified atom stereocenters. The normalized spacial score (nSPS) is 14.9. The monoisotopic (exact) mass is 543 g/mol. The Hall–Kier alpha value is -4.60. The molecule has 0 aliphatic carbocycles. The number of hydrogen-bond acceptors (Lipinski definition) is 8. The molecule has 0 bridgehead atoms. The van der Waals surface area contributed by atoms with Crippen LogP contribution in [0.3, 0.4) is 0 Å². The fraction of sp³-hybridized carbons (Fsp3) is 0.185. The van der Waals surface area contributed by atoms with Crippen molar-refractivity contribution in [1.82, 2.24) is 23.7 Å². The lowest BCUT2D eigenvalue weighted by Gasteiger charge is -2.31. The third kappa shape index (κ3) is 4.73. The van der Waals surface area contributed by atoms with E-state index in [2.05, 4.69) is 15.3 Å². The van der Waals surface area contributed by atoms with E-state index in [0.717, 1.165) is 0 Å². The Kier molecular flexibility index (Phi) is 6.30. The minimum Gasteiger partial charge on any atom is -0.432 e. The van der Waals surface area contributed by atoms with Crippen LogP contribution in [0.2, 0.25) is 0 Å². The van der Waals surface area contributed by atoms with Crippen LogP contribution < -0.4 is 5.32 Å². The number of nitrogens with zero attached hydrogens (tertiary/aromatic N) is 6. The van der Waals surface area contributed by atoms with Gasteiger partial charge in [0, 0.05) is 37.1 Å². The van der Waals surface area contributed by atoms with Gasteiger partial charge in [0.2, 0.25) is 16.0 Å². The summed E-state index contributed by atoms with van der Waals surface area (Å²) in [6, 6.07) is 15.7. The zero-order valence-electron chi connectivity index (χ0n) is 20.5. The molecular weight excluding hydrogens is 521 g/mol. The highest BCUT2D eigenvalue weighted by atomic mass is 32.2. The van der Waals surface area contributed by atoms with Gasteiger partial charge in [-0.3, -0.25) is 4.40 Å². The molecule has 5 aromatic rings. The highest BCUT2D eigenvalue weighted by Gasteiger charge is 2.30. The van der Waals surface area contributed by atoms with Crippen LogP contribution in [0, 0.1) is 17.1 Å². The number of sulfonamides is 1. The Balaban J connectivity index is 1.20. The number of nitrogens with one attached hydrogen (secondary N) is 1. The van der Waals surface area contributed by atoms with E-state index in [4.69, 9.17) is 14.7 Å². The number of anilines is 1. The number of benzene rings is 2. The first-order valence-corrected chi connectivity index (χ1v) is 13.7. The van der Waals surface area contributed by atoms with Gasteiger partial charge in [0.15, 0.2) is 0 Å². The molecule has 39 heavy (non-hydrogen) atoms. The lowest BCUT2D eigenvalue weighted by Crippen LogP contribution is -2.42. The van der Waals surface area contributed by atoms with Gasteiger partial charge in [-0.1, -0.05) is 0 Å². The first-order chi connectivity index (χ1) is 18.9. The average Bonchev–Trinajstić information content (AvgIpc) is 3.56. The second kappa shape index (κ2) is 9.94. The fourth-order valence-corrected chi connectivity index (χ4v) is 6.14. The molecule has 196 valence electrons. The molecule has 0 spiro atoms. The lowest BCUT2D eigenvalue weighted by atomic mass is 10.1. The largest absolute Gasteiger partial charge is 0.432 e. The fourth-order valence-electron chi connectivity index (χ4n) is 4.67. The molecule has 2 aromatic carbocycles. The van der Waals surface area contributed by atoms with Crippen molar-refractivity contribution in [2.24, 2.45) is 0 Å². The van der Waals surface area contributed by atoms with Gasteiger partial charge in [-0.25, -0.2) is 22.8 Å². The molecule has 10 nitrogen and oxygen atoms in total. The first kappa shape index (κ1) is 24.7. The van der Waals surface area contributed by atoms with Gasteiger partial charge in [0.1, 0.15) is 23.5 Å². The van der Waals surface area contributed by atoms with Crippen molar-refractivity contribution in [3.05, 3.63) is 84.6 Å². The van der Waals surface area contributed by atoms with E-state index in [1.165, 1.54) is 47.0 Å². The smallest absolute Gasteiger partial charge is 0.306 e. The summed E-state index contributed by atoms with van der Waals surface area (Å²) in [6.45, 7) is 0.680. The molecule has 1 fully saturated rings. The molecule has 1 aliphatic rings. The van der Waals surface area contributed by atoms with Gasteiger partial charge in [-0.15, -0.1) is 0 Å². The Labute approximate surface area is 223 Å². The standard InChI is InChI=1S/C27H22FN7O3S/c28-20-5-3-19(4-6-20)24-25(35-15-16-38-27(35)33-24)23-9-12-30-26(32-23)31-21-10-13-34(14-11-21)39(36,37)22-7-1-18(17-29)2-8-22/h1-9,12,15-16,21H,10-11,13-14H2,(H,30,31,32). The third-order valence-corrected chi connectivity index (χ3v) is 8.60. The molecule has 0 saturated carbocycles. The van der Waals surface area contributed by atoms with Gasteiger partial charge < -0.3 is 9.73 Å². The van der Waals surface area contributed by atoms with Crippen molar-refractivity contribution < 1.29 is 17.2 Å². The van der Waals surface area contributed by atoms with E-state index in [-0.39, 0.29) is 16.8 Å². The number of aromatic nitrogens is 4. The Morgan fingerprint density at radius 1 is 1.03 bits per heavy atom.